The molecule has 1 atom stereocenters. The van der Waals surface area contributed by atoms with Gasteiger partial charge in [0.2, 0.25) is 0 Å². The molecule has 3 aromatic rings. The van der Waals surface area contributed by atoms with Crippen LogP contribution in [-0.2, 0) is 33.7 Å². The van der Waals surface area contributed by atoms with Gasteiger partial charge in [0.1, 0.15) is 11.4 Å². The molecular formula is C32H37FN2O4. The summed E-state index contributed by atoms with van der Waals surface area (Å²) in [6.45, 7) is 8.61. The summed E-state index contributed by atoms with van der Waals surface area (Å²) in [6.07, 6.45) is 1.61. The number of carbonyl (C=O) groups excluding carboxylic acids is 2. The van der Waals surface area contributed by atoms with Gasteiger partial charge in [0.05, 0.1) is 19.6 Å². The number of carbonyl (C=O) groups is 2. The van der Waals surface area contributed by atoms with Crippen LogP contribution in [0.4, 0.5) is 14.9 Å². The Morgan fingerprint density at radius 1 is 1.05 bits per heavy atom. The van der Waals surface area contributed by atoms with E-state index < -0.39 is 17.7 Å². The zero-order valence-corrected chi connectivity index (χ0v) is 23.3. The summed E-state index contributed by atoms with van der Waals surface area (Å²) < 4.78 is 26.1. The first kappa shape index (κ1) is 28.1. The quantitative estimate of drug-likeness (QED) is 0.341. The molecule has 3 aromatic carbocycles. The van der Waals surface area contributed by atoms with E-state index in [2.05, 4.69) is 16.3 Å². The number of hydrogen-bond donors (Lipinski definition) is 1. The first-order chi connectivity index (χ1) is 18.6. The standard InChI is InChI=1S/C32H37FN2O4/c1-21(34-31(37)39-32(2,3)4)26-13-8-14-27(30(26)33)24-16-15-22-12-9-17-35(28(22)18-24)20-25-11-7-6-10-23(25)19-29(36)38-5/h6-8,10-11,13-16,18,21H,9,12,17,19-20H2,1-5H3,(H,34,37). The minimum Gasteiger partial charge on any atom is -0.469 e. The van der Waals surface area contributed by atoms with Gasteiger partial charge in [0.25, 0.3) is 0 Å². The predicted octanol–water partition coefficient (Wildman–Crippen LogP) is 6.75. The van der Waals surface area contributed by atoms with Crippen molar-refractivity contribution in [1.82, 2.24) is 5.32 Å². The molecule has 0 spiro atoms. The molecule has 0 bridgehead atoms. The number of benzene rings is 3. The third kappa shape index (κ3) is 6.96. The van der Waals surface area contributed by atoms with Gasteiger partial charge in [-0.25, -0.2) is 9.18 Å². The summed E-state index contributed by atoms with van der Waals surface area (Å²) in [4.78, 5) is 26.5. The number of nitrogens with one attached hydrogen (secondary N) is 1. The third-order valence-electron chi connectivity index (χ3n) is 6.88. The van der Waals surface area contributed by atoms with E-state index in [9.17, 15) is 9.59 Å². The Kier molecular flexibility index (Phi) is 8.58. The highest BCUT2D eigenvalue weighted by Crippen LogP contribution is 2.35. The highest BCUT2D eigenvalue weighted by Gasteiger charge is 2.23. The second-order valence-corrected chi connectivity index (χ2v) is 11.0. The summed E-state index contributed by atoms with van der Waals surface area (Å²) >= 11 is 0. The van der Waals surface area contributed by atoms with Gasteiger partial charge in [0.15, 0.2) is 0 Å². The first-order valence-corrected chi connectivity index (χ1v) is 13.4. The van der Waals surface area contributed by atoms with Crippen molar-refractivity contribution in [2.75, 3.05) is 18.6 Å². The molecule has 0 radical (unpaired) electrons. The van der Waals surface area contributed by atoms with Crippen LogP contribution in [0.15, 0.2) is 60.7 Å². The predicted molar refractivity (Wildman–Crippen MR) is 151 cm³/mol. The second kappa shape index (κ2) is 11.9. The molecule has 1 aliphatic rings. The molecule has 1 aliphatic heterocycles. The lowest BCUT2D eigenvalue weighted by Crippen LogP contribution is -2.34. The normalized spacial score (nSPS) is 13.8. The monoisotopic (exact) mass is 532 g/mol. The topological polar surface area (TPSA) is 67.9 Å². The number of fused-ring (bicyclic) bond motifs is 1. The number of ether oxygens (including phenoxy) is 2. The lowest BCUT2D eigenvalue weighted by atomic mass is 9.94. The third-order valence-corrected chi connectivity index (χ3v) is 6.88. The summed E-state index contributed by atoms with van der Waals surface area (Å²) in [5.41, 5.74) is 5.29. The molecule has 0 fully saturated rings. The van der Waals surface area contributed by atoms with Crippen molar-refractivity contribution >= 4 is 17.7 Å². The van der Waals surface area contributed by atoms with Gasteiger partial charge in [-0.1, -0.05) is 54.6 Å². The molecule has 7 heteroatoms. The van der Waals surface area contributed by atoms with Gasteiger partial charge in [-0.2, -0.15) is 0 Å². The van der Waals surface area contributed by atoms with E-state index in [1.54, 1.807) is 45.9 Å². The van der Waals surface area contributed by atoms with Crippen LogP contribution in [0, 0.1) is 5.82 Å². The van der Waals surface area contributed by atoms with Gasteiger partial charge in [-0.3, -0.25) is 4.79 Å². The Bertz CT molecular complexity index is 1350. The number of aryl methyl sites for hydroxylation is 1. The molecule has 0 aliphatic carbocycles. The average Bonchev–Trinajstić information content (AvgIpc) is 2.88. The van der Waals surface area contributed by atoms with Crippen LogP contribution in [0.2, 0.25) is 0 Å². The van der Waals surface area contributed by atoms with Crippen molar-refractivity contribution in [2.45, 2.75) is 65.1 Å². The fraction of sp³-hybridized carbons (Fsp3) is 0.375. The van der Waals surface area contributed by atoms with Gasteiger partial charge in [-0.15, -0.1) is 0 Å². The number of halogens is 1. The molecule has 0 saturated heterocycles. The van der Waals surface area contributed by atoms with E-state index in [0.717, 1.165) is 41.8 Å². The molecule has 206 valence electrons. The van der Waals surface area contributed by atoms with E-state index in [4.69, 9.17) is 9.47 Å². The molecule has 1 unspecified atom stereocenters. The first-order valence-electron chi connectivity index (χ1n) is 13.4. The Hall–Kier alpha value is -3.87. The van der Waals surface area contributed by atoms with Crippen LogP contribution in [0.25, 0.3) is 11.1 Å². The molecule has 0 aromatic heterocycles. The Labute approximate surface area is 230 Å². The molecular weight excluding hydrogens is 495 g/mol. The zero-order valence-electron chi connectivity index (χ0n) is 23.3. The SMILES string of the molecule is COC(=O)Cc1ccccc1CN1CCCc2ccc(-c3cccc(C(C)NC(=O)OC(C)(C)C)c3F)cc21. The fourth-order valence-electron chi connectivity index (χ4n) is 4.97. The number of nitrogens with zero attached hydrogens (tertiary/aromatic N) is 1. The Balaban J connectivity index is 1.61. The van der Waals surface area contributed by atoms with Crippen molar-refractivity contribution in [2.24, 2.45) is 0 Å². The van der Waals surface area contributed by atoms with E-state index in [1.165, 1.54) is 12.7 Å². The molecule has 6 nitrogen and oxygen atoms in total. The van der Waals surface area contributed by atoms with Gasteiger partial charge < -0.3 is 19.7 Å². The maximum Gasteiger partial charge on any atom is 0.408 e. The van der Waals surface area contributed by atoms with Crippen molar-refractivity contribution in [1.29, 1.82) is 0 Å². The van der Waals surface area contributed by atoms with Crippen LogP contribution < -0.4 is 10.2 Å². The van der Waals surface area contributed by atoms with Crippen molar-refractivity contribution in [3.63, 3.8) is 0 Å². The Morgan fingerprint density at radius 2 is 1.79 bits per heavy atom. The van der Waals surface area contributed by atoms with E-state index >= 15 is 4.39 Å². The van der Waals surface area contributed by atoms with Crippen LogP contribution >= 0.6 is 0 Å². The second-order valence-electron chi connectivity index (χ2n) is 11.0. The lowest BCUT2D eigenvalue weighted by molar-refractivity contribution is -0.139. The molecule has 39 heavy (non-hydrogen) atoms. The van der Waals surface area contributed by atoms with Crippen LogP contribution in [-0.4, -0.2) is 31.3 Å². The maximum absolute atomic E-state index is 15.8. The maximum atomic E-state index is 15.8. The Morgan fingerprint density at radius 3 is 2.51 bits per heavy atom. The number of amides is 1. The average molecular weight is 533 g/mol. The van der Waals surface area contributed by atoms with Crippen molar-refractivity contribution in [3.05, 3.63) is 88.7 Å². The number of alkyl carbamates (subject to hydrolysis) is 1. The van der Waals surface area contributed by atoms with Gasteiger partial charge >= 0.3 is 12.1 Å². The van der Waals surface area contributed by atoms with Crippen LogP contribution in [0.3, 0.4) is 0 Å². The molecule has 1 heterocycles. The highest BCUT2D eigenvalue weighted by molar-refractivity contribution is 5.74. The molecule has 4 rings (SSSR count). The molecule has 1 N–H and O–H groups in total. The fourth-order valence-corrected chi connectivity index (χ4v) is 4.97. The number of methoxy groups -OCH3 is 1. The van der Waals surface area contributed by atoms with Crippen LogP contribution in [0.1, 0.15) is 62.4 Å². The smallest absolute Gasteiger partial charge is 0.408 e. The minimum atomic E-state index is -0.640. The number of rotatable bonds is 7. The zero-order chi connectivity index (χ0) is 28.2. The van der Waals surface area contributed by atoms with Gasteiger partial charge in [-0.05, 0) is 68.9 Å². The van der Waals surface area contributed by atoms with E-state index in [0.29, 0.717) is 17.7 Å². The van der Waals surface area contributed by atoms with E-state index in [1.807, 2.05) is 36.4 Å². The number of anilines is 1. The number of hydrogen-bond acceptors (Lipinski definition) is 5. The van der Waals surface area contributed by atoms with E-state index in [-0.39, 0.29) is 18.2 Å². The molecule has 1 amide bonds. The minimum absolute atomic E-state index is 0.223. The highest BCUT2D eigenvalue weighted by atomic mass is 19.1. The summed E-state index contributed by atoms with van der Waals surface area (Å²) in [6, 6.07) is 18.7. The van der Waals surface area contributed by atoms with Crippen LogP contribution in [0.5, 0.6) is 0 Å². The lowest BCUT2D eigenvalue weighted by Gasteiger charge is -2.32. The molecule has 0 saturated carbocycles. The summed E-state index contributed by atoms with van der Waals surface area (Å²) in [7, 11) is 1.40. The van der Waals surface area contributed by atoms with Crippen molar-refractivity contribution < 1.29 is 23.5 Å². The van der Waals surface area contributed by atoms with Crippen molar-refractivity contribution in [3.8, 4) is 11.1 Å². The largest absolute Gasteiger partial charge is 0.469 e. The summed E-state index contributed by atoms with van der Waals surface area (Å²) in [5.74, 6) is -0.638. The summed E-state index contributed by atoms with van der Waals surface area (Å²) in [5, 5.41) is 2.74. The van der Waals surface area contributed by atoms with Gasteiger partial charge in [0, 0.05) is 29.9 Å². The number of esters is 1.